The SMILES string of the molecule is O=c1o[pH][n+]2ccccc12. The summed E-state index contributed by atoms with van der Waals surface area (Å²) in [5.74, 6) is 0. The average Bonchev–Trinajstić information content (AvgIpc) is 2.34. The highest BCUT2D eigenvalue weighted by Gasteiger charge is 2.06. The van der Waals surface area contributed by atoms with Crippen molar-refractivity contribution in [2.75, 3.05) is 0 Å². The van der Waals surface area contributed by atoms with E-state index in [1.54, 1.807) is 10.2 Å². The van der Waals surface area contributed by atoms with Gasteiger partial charge in [-0.15, -0.1) is 4.16 Å². The summed E-state index contributed by atoms with van der Waals surface area (Å²) in [6.45, 7) is 0. The van der Waals surface area contributed by atoms with Gasteiger partial charge in [-0.05, 0) is 6.07 Å². The molecule has 1 atom stereocenters. The lowest BCUT2D eigenvalue weighted by Gasteiger charge is -1.72. The quantitative estimate of drug-likeness (QED) is 0.550. The van der Waals surface area contributed by atoms with Crippen molar-refractivity contribution in [3.8, 4) is 0 Å². The van der Waals surface area contributed by atoms with Gasteiger partial charge < -0.3 is 4.20 Å². The Morgan fingerprint density at radius 2 is 2.40 bits per heavy atom. The second kappa shape index (κ2) is 1.96. The third kappa shape index (κ3) is 0.677. The van der Waals surface area contributed by atoms with Crippen LogP contribution in [0.2, 0.25) is 0 Å². The molecule has 0 aliphatic carbocycles. The van der Waals surface area contributed by atoms with Gasteiger partial charge in [0.05, 0.1) is 0 Å². The number of hydrogen-bond donors (Lipinski definition) is 0. The van der Waals surface area contributed by atoms with Crippen molar-refractivity contribution in [3.63, 3.8) is 0 Å². The Labute approximate surface area is 58.2 Å². The molecule has 0 amide bonds. The minimum Gasteiger partial charge on any atom is -0.359 e. The first-order valence-electron chi connectivity index (χ1n) is 2.86. The number of aromatic nitrogens is 1. The molecule has 0 aliphatic rings. The summed E-state index contributed by atoms with van der Waals surface area (Å²) in [5, 5.41) is 0. The molecule has 0 aromatic carbocycles. The van der Waals surface area contributed by atoms with Gasteiger partial charge in [0, 0.05) is 12.1 Å². The van der Waals surface area contributed by atoms with E-state index in [2.05, 4.69) is 0 Å². The van der Waals surface area contributed by atoms with Crippen LogP contribution in [-0.4, -0.2) is 0 Å². The Bertz CT molecular complexity index is 403. The van der Waals surface area contributed by atoms with Crippen molar-refractivity contribution >= 4 is 14.1 Å². The Balaban J connectivity index is 3.07. The maximum absolute atomic E-state index is 10.8. The molecule has 50 valence electrons. The molecule has 2 aromatic heterocycles. The molecular formula is C6H5NO2P+. The molecule has 0 spiro atoms. The summed E-state index contributed by atoms with van der Waals surface area (Å²) >= 11 is 0. The van der Waals surface area contributed by atoms with E-state index < -0.39 is 0 Å². The fourth-order valence-corrected chi connectivity index (χ4v) is 1.53. The van der Waals surface area contributed by atoms with E-state index in [9.17, 15) is 4.79 Å². The summed E-state index contributed by atoms with van der Waals surface area (Å²) in [7, 11) is 0.127. The van der Waals surface area contributed by atoms with Gasteiger partial charge in [0.25, 0.3) is 0 Å². The van der Waals surface area contributed by atoms with Gasteiger partial charge in [0.2, 0.25) is 0 Å². The zero-order valence-corrected chi connectivity index (χ0v) is 6.07. The maximum Gasteiger partial charge on any atom is 0.415 e. The Hall–Kier alpha value is -1.08. The summed E-state index contributed by atoms with van der Waals surface area (Å²) < 4.78 is 6.57. The number of nitrogens with zero attached hydrogens (tertiary/aromatic N) is 1. The molecule has 0 fully saturated rings. The molecule has 1 unspecified atom stereocenters. The van der Waals surface area contributed by atoms with Crippen LogP contribution in [-0.2, 0) is 0 Å². The van der Waals surface area contributed by atoms with Crippen molar-refractivity contribution in [1.82, 2.24) is 0 Å². The first kappa shape index (κ1) is 5.69. The lowest BCUT2D eigenvalue weighted by Crippen LogP contribution is -2.15. The minimum atomic E-state index is -0.223. The molecule has 0 N–H and O–H groups in total. The van der Waals surface area contributed by atoms with Crippen LogP contribution in [0.4, 0.5) is 0 Å². The molecule has 2 heterocycles. The summed E-state index contributed by atoms with van der Waals surface area (Å²) in [6, 6.07) is 5.45. The molecule has 3 nitrogen and oxygen atoms in total. The zero-order valence-electron chi connectivity index (χ0n) is 5.07. The molecule has 0 bridgehead atoms. The normalized spacial score (nSPS) is 11.2. The minimum absolute atomic E-state index is 0.127. The van der Waals surface area contributed by atoms with E-state index in [1.807, 2.05) is 18.3 Å². The molecular weight excluding hydrogens is 149 g/mol. The van der Waals surface area contributed by atoms with E-state index in [0.717, 1.165) is 0 Å². The molecule has 2 rings (SSSR count). The van der Waals surface area contributed by atoms with Crippen molar-refractivity contribution in [1.29, 1.82) is 0 Å². The van der Waals surface area contributed by atoms with Crippen molar-refractivity contribution in [3.05, 3.63) is 34.8 Å². The lowest BCUT2D eigenvalue weighted by atomic mass is 10.4. The van der Waals surface area contributed by atoms with Crippen LogP contribution in [0.1, 0.15) is 0 Å². The van der Waals surface area contributed by atoms with E-state index in [1.165, 1.54) is 0 Å². The van der Waals surface area contributed by atoms with Gasteiger partial charge in [0.15, 0.2) is 6.20 Å². The Morgan fingerprint density at radius 1 is 1.50 bits per heavy atom. The van der Waals surface area contributed by atoms with E-state index >= 15 is 0 Å². The number of rotatable bonds is 0. The topological polar surface area (TPSA) is 34.3 Å². The highest BCUT2D eigenvalue weighted by atomic mass is 31.1. The number of hydrogen-bond acceptors (Lipinski definition) is 2. The van der Waals surface area contributed by atoms with Crippen LogP contribution in [0.15, 0.2) is 33.4 Å². The van der Waals surface area contributed by atoms with Gasteiger partial charge in [-0.1, -0.05) is 0 Å². The van der Waals surface area contributed by atoms with Crippen LogP contribution in [0.5, 0.6) is 0 Å². The molecule has 4 heteroatoms. The fraction of sp³-hybridized carbons (Fsp3) is 0. The monoisotopic (exact) mass is 154 g/mol. The predicted octanol–water partition coefficient (Wildman–Crippen LogP) is 0.410. The fourth-order valence-electron chi connectivity index (χ4n) is 0.832. The standard InChI is InChI=1S/C6H5NO2P/c8-6-5-3-1-2-4-7(5)10-9-6/h1-4,10H/q+1. The molecule has 2 aromatic rings. The van der Waals surface area contributed by atoms with Gasteiger partial charge in [0.1, 0.15) is 0 Å². The highest BCUT2D eigenvalue weighted by molar-refractivity contribution is 7.14. The second-order valence-corrected chi connectivity index (χ2v) is 2.81. The van der Waals surface area contributed by atoms with Crippen molar-refractivity contribution < 1.29 is 8.36 Å². The first-order chi connectivity index (χ1) is 4.88. The summed E-state index contributed by atoms with van der Waals surface area (Å²) in [4.78, 5) is 10.8. The maximum atomic E-state index is 10.8. The predicted molar refractivity (Wildman–Crippen MR) is 37.6 cm³/mol. The Kier molecular flexibility index (Phi) is 1.11. The molecule has 0 saturated heterocycles. The second-order valence-electron chi connectivity index (χ2n) is 1.94. The Morgan fingerprint density at radius 3 is 3.20 bits per heavy atom. The number of pyridine rings is 1. The van der Waals surface area contributed by atoms with E-state index in [-0.39, 0.29) is 14.2 Å². The molecule has 0 saturated carbocycles. The van der Waals surface area contributed by atoms with Gasteiger partial charge in [-0.3, -0.25) is 0 Å². The van der Waals surface area contributed by atoms with Crippen LogP contribution in [0.3, 0.4) is 0 Å². The molecule has 0 radical (unpaired) electrons. The van der Waals surface area contributed by atoms with E-state index in [4.69, 9.17) is 4.20 Å². The average molecular weight is 154 g/mol. The zero-order chi connectivity index (χ0) is 6.97. The summed E-state index contributed by atoms with van der Waals surface area (Å²) in [5.41, 5.74) is 0.416. The van der Waals surface area contributed by atoms with E-state index in [0.29, 0.717) is 5.52 Å². The molecule has 0 aliphatic heterocycles. The summed E-state index contributed by atoms with van der Waals surface area (Å²) in [6.07, 6.45) is 1.83. The van der Waals surface area contributed by atoms with Crippen molar-refractivity contribution in [2.24, 2.45) is 0 Å². The highest BCUT2D eigenvalue weighted by Crippen LogP contribution is 1.95. The van der Waals surface area contributed by atoms with Gasteiger partial charge in [-0.25, -0.2) is 4.79 Å². The largest absolute Gasteiger partial charge is 0.415 e. The third-order valence-corrected chi connectivity index (χ3v) is 2.17. The van der Waals surface area contributed by atoms with Crippen molar-refractivity contribution in [2.45, 2.75) is 0 Å². The van der Waals surface area contributed by atoms with Crippen LogP contribution < -0.4 is 9.79 Å². The third-order valence-electron chi connectivity index (χ3n) is 1.31. The van der Waals surface area contributed by atoms with Crippen LogP contribution in [0, 0.1) is 0 Å². The van der Waals surface area contributed by atoms with Gasteiger partial charge >= 0.3 is 19.7 Å². The smallest absolute Gasteiger partial charge is 0.359 e. The lowest BCUT2D eigenvalue weighted by molar-refractivity contribution is -0.431. The van der Waals surface area contributed by atoms with Crippen LogP contribution in [0.25, 0.3) is 5.52 Å². The number of fused-ring (bicyclic) bond motifs is 1. The molecule has 10 heavy (non-hydrogen) atoms. The first-order valence-corrected chi connectivity index (χ1v) is 3.71. The van der Waals surface area contributed by atoms with Crippen LogP contribution >= 0.6 is 8.59 Å². The van der Waals surface area contributed by atoms with Gasteiger partial charge in [-0.2, -0.15) is 0 Å².